The number of nitro groups is 1. The lowest BCUT2D eigenvalue weighted by Crippen LogP contribution is -1.93. The van der Waals surface area contributed by atoms with Crippen molar-refractivity contribution >= 4 is 17.3 Å². The Bertz CT molecular complexity index is 449. The van der Waals surface area contributed by atoms with Crippen LogP contribution in [-0.4, -0.2) is 14.9 Å². The van der Waals surface area contributed by atoms with Crippen LogP contribution in [0.5, 0.6) is 0 Å². The van der Waals surface area contributed by atoms with E-state index in [4.69, 9.17) is 0 Å². The summed E-state index contributed by atoms with van der Waals surface area (Å²) in [6, 6.07) is 6.12. The monoisotopic (exact) mass is 204 g/mol. The summed E-state index contributed by atoms with van der Waals surface area (Å²) in [4.78, 5) is 16.8. The van der Waals surface area contributed by atoms with E-state index < -0.39 is 4.92 Å². The summed E-state index contributed by atoms with van der Waals surface area (Å²) in [5.41, 5.74) is 0.815. The van der Waals surface area contributed by atoms with Crippen molar-refractivity contribution in [3.8, 4) is 0 Å². The number of nitrogens with one attached hydrogen (secondary N) is 2. The Balaban J connectivity index is 2.14. The highest BCUT2D eigenvalue weighted by Gasteiger charge is 2.03. The maximum Gasteiger partial charge on any atom is 0.269 e. The van der Waals surface area contributed by atoms with Crippen molar-refractivity contribution in [3.63, 3.8) is 0 Å². The van der Waals surface area contributed by atoms with Crippen molar-refractivity contribution < 1.29 is 4.92 Å². The predicted octanol–water partition coefficient (Wildman–Crippen LogP) is 2.06. The molecule has 6 heteroatoms. The van der Waals surface area contributed by atoms with Crippen LogP contribution < -0.4 is 5.32 Å². The first-order chi connectivity index (χ1) is 7.25. The molecule has 0 atom stereocenters. The number of anilines is 2. The third-order valence-electron chi connectivity index (χ3n) is 1.84. The van der Waals surface area contributed by atoms with E-state index in [1.807, 2.05) is 0 Å². The molecule has 1 heterocycles. The van der Waals surface area contributed by atoms with Crippen molar-refractivity contribution in [3.05, 3.63) is 46.8 Å². The van der Waals surface area contributed by atoms with E-state index in [-0.39, 0.29) is 5.69 Å². The highest BCUT2D eigenvalue weighted by molar-refractivity contribution is 5.55. The van der Waals surface area contributed by atoms with Gasteiger partial charge in [0.2, 0.25) is 5.95 Å². The van der Waals surface area contributed by atoms with Gasteiger partial charge in [0, 0.05) is 30.2 Å². The summed E-state index contributed by atoms with van der Waals surface area (Å²) in [7, 11) is 0. The van der Waals surface area contributed by atoms with E-state index in [2.05, 4.69) is 15.3 Å². The largest absolute Gasteiger partial charge is 0.331 e. The van der Waals surface area contributed by atoms with Crippen molar-refractivity contribution in [2.75, 3.05) is 5.32 Å². The third-order valence-corrected chi connectivity index (χ3v) is 1.84. The van der Waals surface area contributed by atoms with Crippen LogP contribution in [0.4, 0.5) is 17.3 Å². The number of H-pyrrole nitrogens is 1. The second-order valence-corrected chi connectivity index (χ2v) is 2.87. The van der Waals surface area contributed by atoms with Gasteiger partial charge in [-0.1, -0.05) is 0 Å². The molecular formula is C9H8N4O2. The molecule has 0 unspecified atom stereocenters. The predicted molar refractivity (Wildman–Crippen MR) is 55.0 cm³/mol. The number of aromatic nitrogens is 2. The molecular weight excluding hydrogens is 196 g/mol. The van der Waals surface area contributed by atoms with Gasteiger partial charge in [0.15, 0.2) is 0 Å². The lowest BCUT2D eigenvalue weighted by atomic mass is 10.3. The van der Waals surface area contributed by atoms with Gasteiger partial charge in [0.05, 0.1) is 4.92 Å². The molecule has 0 aliphatic carbocycles. The number of imidazole rings is 1. The summed E-state index contributed by atoms with van der Waals surface area (Å²) in [5, 5.41) is 13.4. The number of nitro benzene ring substituents is 1. The SMILES string of the molecule is O=[N+]([O-])c1ccc(Nc2ncc[nH]2)cc1. The fourth-order valence-corrected chi connectivity index (χ4v) is 1.14. The Morgan fingerprint density at radius 2 is 2.07 bits per heavy atom. The molecule has 15 heavy (non-hydrogen) atoms. The minimum Gasteiger partial charge on any atom is -0.331 e. The molecule has 76 valence electrons. The fraction of sp³-hybridized carbons (Fsp3) is 0. The number of aromatic amines is 1. The first-order valence-corrected chi connectivity index (χ1v) is 4.26. The summed E-state index contributed by atoms with van der Waals surface area (Å²) in [5.74, 6) is 0.601. The first kappa shape index (κ1) is 9.20. The summed E-state index contributed by atoms with van der Waals surface area (Å²) >= 11 is 0. The lowest BCUT2D eigenvalue weighted by Gasteiger charge is -2.01. The van der Waals surface area contributed by atoms with Gasteiger partial charge in [0.1, 0.15) is 0 Å². The Hall–Kier alpha value is -2.37. The normalized spacial score (nSPS) is 9.87. The van der Waals surface area contributed by atoms with Gasteiger partial charge in [0.25, 0.3) is 5.69 Å². The van der Waals surface area contributed by atoms with Crippen molar-refractivity contribution in [1.82, 2.24) is 9.97 Å². The molecule has 0 saturated carbocycles. The summed E-state index contributed by atoms with van der Waals surface area (Å²) < 4.78 is 0. The highest BCUT2D eigenvalue weighted by atomic mass is 16.6. The number of benzene rings is 1. The summed E-state index contributed by atoms with van der Waals surface area (Å²) in [6.45, 7) is 0. The van der Waals surface area contributed by atoms with Crippen LogP contribution in [0.25, 0.3) is 0 Å². The van der Waals surface area contributed by atoms with Crippen LogP contribution in [-0.2, 0) is 0 Å². The van der Waals surface area contributed by atoms with Crippen LogP contribution in [0.1, 0.15) is 0 Å². The molecule has 0 spiro atoms. The second-order valence-electron chi connectivity index (χ2n) is 2.87. The minimum atomic E-state index is -0.434. The number of nitrogens with zero attached hydrogens (tertiary/aromatic N) is 2. The molecule has 0 saturated heterocycles. The Kier molecular flexibility index (Phi) is 2.32. The quantitative estimate of drug-likeness (QED) is 0.592. The van der Waals surface area contributed by atoms with Crippen LogP contribution in [0, 0.1) is 10.1 Å². The Morgan fingerprint density at radius 1 is 1.33 bits per heavy atom. The molecule has 2 N–H and O–H groups in total. The maximum atomic E-state index is 10.4. The number of hydrogen-bond acceptors (Lipinski definition) is 4. The van der Waals surface area contributed by atoms with Crippen LogP contribution in [0.2, 0.25) is 0 Å². The van der Waals surface area contributed by atoms with Crippen molar-refractivity contribution in [2.45, 2.75) is 0 Å². The molecule has 1 aromatic carbocycles. The highest BCUT2D eigenvalue weighted by Crippen LogP contribution is 2.17. The van der Waals surface area contributed by atoms with E-state index in [1.165, 1.54) is 12.1 Å². The van der Waals surface area contributed by atoms with E-state index in [0.29, 0.717) is 5.95 Å². The molecule has 0 amide bonds. The lowest BCUT2D eigenvalue weighted by molar-refractivity contribution is -0.384. The zero-order valence-electron chi connectivity index (χ0n) is 7.68. The fourth-order valence-electron chi connectivity index (χ4n) is 1.14. The number of non-ortho nitro benzene ring substituents is 1. The van der Waals surface area contributed by atoms with E-state index in [9.17, 15) is 10.1 Å². The van der Waals surface area contributed by atoms with Gasteiger partial charge >= 0.3 is 0 Å². The zero-order valence-corrected chi connectivity index (χ0v) is 7.68. The molecule has 2 rings (SSSR count). The van der Waals surface area contributed by atoms with Gasteiger partial charge in [-0.3, -0.25) is 10.1 Å². The Labute approximate surface area is 85.1 Å². The molecule has 0 aliphatic heterocycles. The number of hydrogen-bond donors (Lipinski definition) is 2. The minimum absolute atomic E-state index is 0.0694. The molecule has 0 aliphatic rings. The molecule has 1 aromatic heterocycles. The smallest absolute Gasteiger partial charge is 0.269 e. The van der Waals surface area contributed by atoms with E-state index in [0.717, 1.165) is 5.69 Å². The van der Waals surface area contributed by atoms with E-state index >= 15 is 0 Å². The third kappa shape index (κ3) is 2.11. The molecule has 0 fully saturated rings. The van der Waals surface area contributed by atoms with Gasteiger partial charge in [-0.05, 0) is 12.1 Å². The standard InChI is InChI=1S/C9H8N4O2/c14-13(15)8-3-1-7(2-4-8)12-9-10-5-6-11-9/h1-6H,(H2,10,11,12). The van der Waals surface area contributed by atoms with Crippen LogP contribution in [0.15, 0.2) is 36.7 Å². The molecule has 2 aromatic rings. The second kappa shape index (κ2) is 3.79. The zero-order chi connectivity index (χ0) is 10.7. The van der Waals surface area contributed by atoms with Gasteiger partial charge in [-0.2, -0.15) is 0 Å². The number of rotatable bonds is 3. The van der Waals surface area contributed by atoms with Crippen LogP contribution >= 0.6 is 0 Å². The molecule has 0 bridgehead atoms. The van der Waals surface area contributed by atoms with Gasteiger partial charge < -0.3 is 10.3 Å². The van der Waals surface area contributed by atoms with E-state index in [1.54, 1.807) is 24.5 Å². The van der Waals surface area contributed by atoms with Crippen LogP contribution in [0.3, 0.4) is 0 Å². The Morgan fingerprint density at radius 3 is 2.60 bits per heavy atom. The summed E-state index contributed by atoms with van der Waals surface area (Å²) in [6.07, 6.45) is 3.31. The maximum absolute atomic E-state index is 10.4. The topological polar surface area (TPSA) is 83.8 Å². The molecule has 0 radical (unpaired) electrons. The van der Waals surface area contributed by atoms with Gasteiger partial charge in [-0.25, -0.2) is 4.98 Å². The van der Waals surface area contributed by atoms with Gasteiger partial charge in [-0.15, -0.1) is 0 Å². The average Bonchev–Trinajstić information content (AvgIpc) is 2.71. The average molecular weight is 204 g/mol. The molecule has 6 nitrogen and oxygen atoms in total. The van der Waals surface area contributed by atoms with Crippen molar-refractivity contribution in [1.29, 1.82) is 0 Å². The first-order valence-electron chi connectivity index (χ1n) is 4.26. The van der Waals surface area contributed by atoms with Crippen molar-refractivity contribution in [2.24, 2.45) is 0 Å².